The number of anilines is 2. The highest BCUT2D eigenvalue weighted by Crippen LogP contribution is 2.31. The lowest BCUT2D eigenvalue weighted by atomic mass is 9.99. The molecule has 0 saturated carbocycles. The third-order valence-electron chi connectivity index (χ3n) is 5.13. The van der Waals surface area contributed by atoms with Crippen molar-refractivity contribution < 1.29 is 4.74 Å². The summed E-state index contributed by atoms with van der Waals surface area (Å²) in [4.78, 5) is 4.90. The van der Waals surface area contributed by atoms with Crippen LogP contribution in [0.3, 0.4) is 0 Å². The Balaban J connectivity index is 1.70. The summed E-state index contributed by atoms with van der Waals surface area (Å²) < 4.78 is 5.72. The normalized spacial score (nSPS) is 10.5. The molecule has 4 rings (SSSR count). The Morgan fingerprint density at radius 3 is 1.69 bits per heavy atom. The Bertz CT molecular complexity index is 1160. The average Bonchev–Trinajstić information content (AvgIpc) is 2.83. The van der Waals surface area contributed by atoms with E-state index in [0.29, 0.717) is 24.4 Å². The first kappa shape index (κ1) is 21.0. The molecule has 0 aliphatic rings. The van der Waals surface area contributed by atoms with Gasteiger partial charge in [0.1, 0.15) is 5.75 Å². The highest BCUT2D eigenvalue weighted by Gasteiger charge is 2.09. The maximum absolute atomic E-state index is 8.64. The summed E-state index contributed by atoms with van der Waals surface area (Å²) in [6, 6.07) is 29.7. The Hall–Kier alpha value is -4.30. The third kappa shape index (κ3) is 5.05. The summed E-state index contributed by atoms with van der Waals surface area (Å²) in [6.07, 6.45) is 1.22. The maximum Gasteiger partial charge on any atom is 0.119 e. The zero-order valence-corrected chi connectivity index (χ0v) is 17.7. The largest absolute Gasteiger partial charge is 0.494 e. The minimum absolute atomic E-state index is 0.497. The number of nitrogens with two attached hydrogens (primary N) is 2. The SMILES string of the molecule is N#CCCCOc1ccc(-c2cc(-c3ccc(N)cc3)nc(-c3ccc(N)cc3)c2)cc1. The van der Waals surface area contributed by atoms with E-state index in [1.54, 1.807) is 0 Å². The molecule has 158 valence electrons. The van der Waals surface area contributed by atoms with Crippen molar-refractivity contribution >= 4 is 11.4 Å². The highest BCUT2D eigenvalue weighted by molar-refractivity contribution is 5.77. The summed E-state index contributed by atoms with van der Waals surface area (Å²) >= 11 is 0. The smallest absolute Gasteiger partial charge is 0.119 e. The fraction of sp³-hybridized carbons (Fsp3) is 0.111. The Kier molecular flexibility index (Phi) is 6.33. The first-order valence-electron chi connectivity index (χ1n) is 10.5. The molecule has 5 heteroatoms. The van der Waals surface area contributed by atoms with Gasteiger partial charge in [0.2, 0.25) is 0 Å². The van der Waals surface area contributed by atoms with E-state index in [4.69, 9.17) is 26.5 Å². The van der Waals surface area contributed by atoms with Crippen LogP contribution >= 0.6 is 0 Å². The number of rotatable bonds is 7. The molecule has 5 nitrogen and oxygen atoms in total. The van der Waals surface area contributed by atoms with E-state index < -0.39 is 0 Å². The molecular weight excluding hydrogens is 396 g/mol. The number of hydrogen-bond donors (Lipinski definition) is 2. The summed E-state index contributed by atoms with van der Waals surface area (Å²) in [7, 11) is 0. The Labute approximate surface area is 187 Å². The standard InChI is InChI=1S/C27H24N4O/c28-15-1-2-16-32-25-13-7-19(8-14-25)22-17-26(20-3-9-23(29)10-4-20)31-27(18-22)21-5-11-24(30)12-6-21/h3-14,17-18H,1-2,16,29-30H2. The first-order chi connectivity index (χ1) is 15.6. The van der Waals surface area contributed by atoms with Crippen molar-refractivity contribution in [3.8, 4) is 45.5 Å². The molecule has 0 aliphatic heterocycles. The summed E-state index contributed by atoms with van der Waals surface area (Å²) in [5.74, 6) is 0.790. The van der Waals surface area contributed by atoms with Crippen molar-refractivity contribution in [3.63, 3.8) is 0 Å². The van der Waals surface area contributed by atoms with Crippen molar-refractivity contribution in [2.24, 2.45) is 0 Å². The van der Waals surface area contributed by atoms with Gasteiger partial charge in [0.25, 0.3) is 0 Å². The van der Waals surface area contributed by atoms with Gasteiger partial charge in [-0.05, 0) is 66.1 Å². The van der Waals surface area contributed by atoms with Crippen LogP contribution in [0.15, 0.2) is 84.9 Å². The summed E-state index contributed by atoms with van der Waals surface area (Å²) in [6.45, 7) is 0.532. The van der Waals surface area contributed by atoms with Crippen LogP contribution < -0.4 is 16.2 Å². The molecule has 0 atom stereocenters. The second-order valence-electron chi connectivity index (χ2n) is 7.50. The van der Waals surface area contributed by atoms with E-state index in [1.165, 1.54) is 0 Å². The van der Waals surface area contributed by atoms with Crippen molar-refractivity contribution in [3.05, 3.63) is 84.9 Å². The lowest BCUT2D eigenvalue weighted by Gasteiger charge is -2.11. The maximum atomic E-state index is 8.64. The number of nitrogen functional groups attached to an aromatic ring is 2. The minimum Gasteiger partial charge on any atom is -0.494 e. The van der Waals surface area contributed by atoms with Crippen LogP contribution in [0, 0.1) is 11.3 Å². The van der Waals surface area contributed by atoms with Gasteiger partial charge < -0.3 is 16.2 Å². The molecule has 4 N–H and O–H groups in total. The number of nitriles is 1. The average molecular weight is 421 g/mol. The van der Waals surface area contributed by atoms with Gasteiger partial charge in [-0.2, -0.15) is 5.26 Å². The molecule has 0 radical (unpaired) electrons. The van der Waals surface area contributed by atoms with Crippen LogP contribution in [0.5, 0.6) is 5.75 Å². The number of pyridine rings is 1. The van der Waals surface area contributed by atoms with E-state index in [9.17, 15) is 0 Å². The molecule has 0 unspecified atom stereocenters. The molecule has 0 amide bonds. The second kappa shape index (κ2) is 9.67. The molecule has 1 aromatic heterocycles. The molecule has 32 heavy (non-hydrogen) atoms. The molecular formula is C27H24N4O. The zero-order valence-electron chi connectivity index (χ0n) is 17.7. The summed E-state index contributed by atoms with van der Waals surface area (Å²) in [5, 5.41) is 8.64. The van der Waals surface area contributed by atoms with Crippen molar-refractivity contribution in [1.29, 1.82) is 5.26 Å². The van der Waals surface area contributed by atoms with Crippen molar-refractivity contribution in [2.75, 3.05) is 18.1 Å². The first-order valence-corrected chi connectivity index (χ1v) is 10.5. The molecule has 3 aromatic carbocycles. The lowest BCUT2D eigenvalue weighted by Crippen LogP contribution is -1.96. The number of benzene rings is 3. The van der Waals surface area contributed by atoms with Gasteiger partial charge in [0, 0.05) is 28.9 Å². The lowest BCUT2D eigenvalue weighted by molar-refractivity contribution is 0.313. The van der Waals surface area contributed by atoms with E-state index in [1.807, 2.05) is 72.8 Å². The van der Waals surface area contributed by atoms with Crippen LogP contribution in [0.1, 0.15) is 12.8 Å². The van der Waals surface area contributed by atoms with Crippen molar-refractivity contribution in [2.45, 2.75) is 12.8 Å². The van der Waals surface area contributed by atoms with E-state index in [-0.39, 0.29) is 0 Å². The van der Waals surface area contributed by atoms with E-state index in [2.05, 4.69) is 18.2 Å². The van der Waals surface area contributed by atoms with Gasteiger partial charge in [-0.25, -0.2) is 4.98 Å². The van der Waals surface area contributed by atoms with Gasteiger partial charge in [-0.3, -0.25) is 0 Å². The topological polar surface area (TPSA) is 97.9 Å². The highest BCUT2D eigenvalue weighted by atomic mass is 16.5. The molecule has 0 saturated heterocycles. The molecule has 0 fully saturated rings. The van der Waals surface area contributed by atoms with Crippen LogP contribution in [0.2, 0.25) is 0 Å². The number of ether oxygens (including phenoxy) is 1. The van der Waals surface area contributed by atoms with E-state index >= 15 is 0 Å². The summed E-state index contributed by atoms with van der Waals surface area (Å²) in [5.41, 5.74) is 19.0. The fourth-order valence-corrected chi connectivity index (χ4v) is 3.39. The molecule has 0 aliphatic carbocycles. The minimum atomic E-state index is 0.497. The monoisotopic (exact) mass is 420 g/mol. The van der Waals surface area contributed by atoms with Crippen LogP contribution in [0.25, 0.3) is 33.6 Å². The van der Waals surface area contributed by atoms with Gasteiger partial charge in [0.05, 0.1) is 24.1 Å². The Morgan fingerprint density at radius 1 is 0.688 bits per heavy atom. The van der Waals surface area contributed by atoms with Crippen LogP contribution in [0.4, 0.5) is 11.4 Å². The molecule has 1 heterocycles. The molecule has 4 aromatic rings. The predicted molar refractivity (Wildman–Crippen MR) is 130 cm³/mol. The Morgan fingerprint density at radius 2 is 1.19 bits per heavy atom. The third-order valence-corrected chi connectivity index (χ3v) is 5.13. The quantitative estimate of drug-likeness (QED) is 0.285. The number of nitrogens with zero attached hydrogens (tertiary/aromatic N) is 2. The van der Waals surface area contributed by atoms with Crippen LogP contribution in [-0.4, -0.2) is 11.6 Å². The second-order valence-corrected chi connectivity index (χ2v) is 7.50. The predicted octanol–water partition coefficient (Wildman–Crippen LogP) is 5.93. The molecule has 0 spiro atoms. The van der Waals surface area contributed by atoms with Gasteiger partial charge in [-0.15, -0.1) is 0 Å². The zero-order chi connectivity index (χ0) is 22.3. The van der Waals surface area contributed by atoms with E-state index in [0.717, 1.165) is 45.8 Å². The number of hydrogen-bond acceptors (Lipinski definition) is 5. The van der Waals surface area contributed by atoms with Gasteiger partial charge in [-0.1, -0.05) is 36.4 Å². The number of aromatic nitrogens is 1. The van der Waals surface area contributed by atoms with Gasteiger partial charge >= 0.3 is 0 Å². The van der Waals surface area contributed by atoms with Crippen molar-refractivity contribution in [1.82, 2.24) is 4.98 Å². The van der Waals surface area contributed by atoms with Gasteiger partial charge in [0.15, 0.2) is 0 Å². The molecule has 0 bridgehead atoms. The number of unbranched alkanes of at least 4 members (excludes halogenated alkanes) is 1. The fourth-order valence-electron chi connectivity index (χ4n) is 3.39. The van der Waals surface area contributed by atoms with Crippen LogP contribution in [-0.2, 0) is 0 Å².